The predicted octanol–water partition coefficient (Wildman–Crippen LogP) is 1.70. The molecule has 0 aromatic carbocycles. The SMILES string of the molecule is C/C=C/CCNC(C)C(=O)NCC(C)C. The van der Waals surface area contributed by atoms with E-state index in [9.17, 15) is 4.79 Å². The van der Waals surface area contributed by atoms with E-state index in [1.54, 1.807) is 0 Å². The van der Waals surface area contributed by atoms with Gasteiger partial charge in [0.25, 0.3) is 0 Å². The summed E-state index contributed by atoms with van der Waals surface area (Å²) in [6.45, 7) is 9.67. The molecule has 0 radical (unpaired) electrons. The quantitative estimate of drug-likeness (QED) is 0.498. The van der Waals surface area contributed by atoms with E-state index >= 15 is 0 Å². The lowest BCUT2D eigenvalue weighted by Gasteiger charge is -2.14. The Bertz CT molecular complexity index is 200. The number of rotatable bonds is 7. The fourth-order valence-corrected chi connectivity index (χ4v) is 1.10. The molecule has 0 aliphatic carbocycles. The molecule has 0 aromatic rings. The summed E-state index contributed by atoms with van der Waals surface area (Å²) in [7, 11) is 0. The van der Waals surface area contributed by atoms with Gasteiger partial charge in [-0.3, -0.25) is 4.79 Å². The Morgan fingerprint density at radius 3 is 2.53 bits per heavy atom. The molecule has 1 unspecified atom stereocenters. The van der Waals surface area contributed by atoms with E-state index in [1.165, 1.54) is 0 Å². The van der Waals surface area contributed by atoms with Crippen molar-refractivity contribution in [3.63, 3.8) is 0 Å². The van der Waals surface area contributed by atoms with Crippen LogP contribution in [0.3, 0.4) is 0 Å². The molecule has 0 spiro atoms. The fourth-order valence-electron chi connectivity index (χ4n) is 1.10. The summed E-state index contributed by atoms with van der Waals surface area (Å²) in [5, 5.41) is 6.08. The summed E-state index contributed by atoms with van der Waals surface area (Å²) in [5.74, 6) is 0.591. The van der Waals surface area contributed by atoms with Crippen molar-refractivity contribution in [2.45, 2.75) is 40.2 Å². The van der Waals surface area contributed by atoms with Gasteiger partial charge in [-0.15, -0.1) is 0 Å². The highest BCUT2D eigenvalue weighted by Crippen LogP contribution is 1.89. The van der Waals surface area contributed by atoms with Gasteiger partial charge in [-0.1, -0.05) is 26.0 Å². The second kappa shape index (κ2) is 8.48. The number of carbonyl (C=O) groups excluding carboxylic acids is 1. The van der Waals surface area contributed by atoms with Crippen LogP contribution in [0.25, 0.3) is 0 Å². The monoisotopic (exact) mass is 212 g/mol. The molecule has 0 aromatic heterocycles. The Hall–Kier alpha value is -0.830. The molecular weight excluding hydrogens is 188 g/mol. The maximum Gasteiger partial charge on any atom is 0.236 e. The number of hydrogen-bond donors (Lipinski definition) is 2. The minimum absolute atomic E-state index is 0.0872. The summed E-state index contributed by atoms with van der Waals surface area (Å²) in [6.07, 6.45) is 5.08. The van der Waals surface area contributed by atoms with Crippen LogP contribution in [-0.4, -0.2) is 25.0 Å². The third-order valence-corrected chi connectivity index (χ3v) is 2.08. The number of nitrogens with one attached hydrogen (secondary N) is 2. The summed E-state index contributed by atoms with van der Waals surface area (Å²) in [4.78, 5) is 11.5. The van der Waals surface area contributed by atoms with Gasteiger partial charge in [0.2, 0.25) is 5.91 Å². The minimum atomic E-state index is -0.103. The fraction of sp³-hybridized carbons (Fsp3) is 0.750. The first kappa shape index (κ1) is 14.2. The number of carbonyl (C=O) groups is 1. The van der Waals surface area contributed by atoms with E-state index < -0.39 is 0 Å². The highest BCUT2D eigenvalue weighted by Gasteiger charge is 2.10. The average molecular weight is 212 g/mol. The van der Waals surface area contributed by atoms with Gasteiger partial charge in [-0.05, 0) is 32.7 Å². The van der Waals surface area contributed by atoms with E-state index in [2.05, 4.69) is 30.6 Å². The molecule has 0 saturated heterocycles. The standard InChI is InChI=1S/C12H24N2O/c1-5-6-7-8-13-11(4)12(15)14-9-10(2)3/h5-6,10-11,13H,7-9H2,1-4H3,(H,14,15)/b6-5+. The van der Waals surface area contributed by atoms with Crippen LogP contribution in [0.4, 0.5) is 0 Å². The van der Waals surface area contributed by atoms with E-state index in [0.717, 1.165) is 19.5 Å². The molecule has 0 fully saturated rings. The van der Waals surface area contributed by atoms with Crippen LogP contribution >= 0.6 is 0 Å². The molecule has 0 rings (SSSR count). The third kappa shape index (κ3) is 8.18. The zero-order chi connectivity index (χ0) is 11.7. The lowest BCUT2D eigenvalue weighted by molar-refractivity contribution is -0.122. The molecule has 0 aliphatic heterocycles. The second-order valence-electron chi connectivity index (χ2n) is 4.17. The van der Waals surface area contributed by atoms with Crippen molar-refractivity contribution in [3.8, 4) is 0 Å². The van der Waals surface area contributed by atoms with Crippen LogP contribution in [0.1, 0.15) is 34.1 Å². The maximum atomic E-state index is 11.5. The second-order valence-corrected chi connectivity index (χ2v) is 4.17. The van der Waals surface area contributed by atoms with Crippen LogP contribution in [0.5, 0.6) is 0 Å². The van der Waals surface area contributed by atoms with Crippen LogP contribution in [-0.2, 0) is 4.79 Å². The van der Waals surface area contributed by atoms with E-state index in [-0.39, 0.29) is 11.9 Å². The Labute approximate surface area is 93.3 Å². The maximum absolute atomic E-state index is 11.5. The molecule has 0 aliphatic rings. The minimum Gasteiger partial charge on any atom is -0.354 e. The lowest BCUT2D eigenvalue weighted by Crippen LogP contribution is -2.43. The van der Waals surface area contributed by atoms with Gasteiger partial charge in [0.05, 0.1) is 6.04 Å². The highest BCUT2D eigenvalue weighted by atomic mass is 16.2. The molecular formula is C12H24N2O. The van der Waals surface area contributed by atoms with Crippen molar-refractivity contribution < 1.29 is 4.79 Å². The van der Waals surface area contributed by atoms with Crippen molar-refractivity contribution in [1.82, 2.24) is 10.6 Å². The summed E-state index contributed by atoms with van der Waals surface area (Å²) in [5.41, 5.74) is 0. The first-order chi connectivity index (χ1) is 7.07. The van der Waals surface area contributed by atoms with Crippen LogP contribution in [0.2, 0.25) is 0 Å². The normalized spacial score (nSPS) is 13.4. The Morgan fingerprint density at radius 2 is 2.00 bits per heavy atom. The number of hydrogen-bond acceptors (Lipinski definition) is 2. The van der Waals surface area contributed by atoms with Gasteiger partial charge in [0, 0.05) is 6.54 Å². The zero-order valence-corrected chi connectivity index (χ0v) is 10.3. The van der Waals surface area contributed by atoms with Gasteiger partial charge >= 0.3 is 0 Å². The molecule has 0 saturated carbocycles. The molecule has 0 bridgehead atoms. The van der Waals surface area contributed by atoms with Crippen molar-refractivity contribution in [1.29, 1.82) is 0 Å². The molecule has 3 nitrogen and oxygen atoms in total. The van der Waals surface area contributed by atoms with E-state index in [4.69, 9.17) is 0 Å². The number of allylic oxidation sites excluding steroid dienone is 1. The molecule has 2 N–H and O–H groups in total. The topological polar surface area (TPSA) is 41.1 Å². The smallest absolute Gasteiger partial charge is 0.236 e. The summed E-state index contributed by atoms with van der Waals surface area (Å²) < 4.78 is 0. The van der Waals surface area contributed by atoms with Gasteiger partial charge in [0.15, 0.2) is 0 Å². The van der Waals surface area contributed by atoms with Crippen LogP contribution in [0, 0.1) is 5.92 Å². The Balaban J connectivity index is 3.60. The van der Waals surface area contributed by atoms with E-state index in [0.29, 0.717) is 5.92 Å². The van der Waals surface area contributed by atoms with Crippen LogP contribution in [0.15, 0.2) is 12.2 Å². The van der Waals surface area contributed by atoms with Gasteiger partial charge in [-0.25, -0.2) is 0 Å². The number of amides is 1. The third-order valence-electron chi connectivity index (χ3n) is 2.08. The molecule has 0 heterocycles. The highest BCUT2D eigenvalue weighted by molar-refractivity contribution is 5.81. The largest absolute Gasteiger partial charge is 0.354 e. The van der Waals surface area contributed by atoms with Crippen molar-refractivity contribution in [2.24, 2.45) is 5.92 Å². The molecule has 1 atom stereocenters. The van der Waals surface area contributed by atoms with E-state index in [1.807, 2.05) is 19.9 Å². The van der Waals surface area contributed by atoms with Gasteiger partial charge in [-0.2, -0.15) is 0 Å². The Morgan fingerprint density at radius 1 is 1.33 bits per heavy atom. The van der Waals surface area contributed by atoms with Crippen molar-refractivity contribution in [3.05, 3.63) is 12.2 Å². The first-order valence-corrected chi connectivity index (χ1v) is 5.70. The molecule has 15 heavy (non-hydrogen) atoms. The average Bonchev–Trinajstić information content (AvgIpc) is 2.20. The summed E-state index contributed by atoms with van der Waals surface area (Å²) in [6, 6.07) is -0.103. The van der Waals surface area contributed by atoms with Crippen molar-refractivity contribution in [2.75, 3.05) is 13.1 Å². The molecule has 1 amide bonds. The van der Waals surface area contributed by atoms with Crippen molar-refractivity contribution >= 4 is 5.91 Å². The van der Waals surface area contributed by atoms with Gasteiger partial charge < -0.3 is 10.6 Å². The zero-order valence-electron chi connectivity index (χ0n) is 10.3. The summed E-state index contributed by atoms with van der Waals surface area (Å²) >= 11 is 0. The molecule has 3 heteroatoms. The van der Waals surface area contributed by atoms with Crippen LogP contribution < -0.4 is 10.6 Å². The Kier molecular flexibility index (Phi) is 8.01. The predicted molar refractivity (Wildman–Crippen MR) is 64.7 cm³/mol. The first-order valence-electron chi connectivity index (χ1n) is 5.70. The van der Waals surface area contributed by atoms with Gasteiger partial charge in [0.1, 0.15) is 0 Å². The molecule has 88 valence electrons. The lowest BCUT2D eigenvalue weighted by atomic mass is 10.2.